The molecule has 1 rings (SSSR count). The Morgan fingerprint density at radius 3 is 2.62 bits per heavy atom. The topological polar surface area (TPSA) is 18.5 Å². The number of hydrogen-bond donors (Lipinski definition) is 0. The molecule has 1 aliphatic heterocycles. The zero-order valence-corrected chi connectivity index (χ0v) is 8.76. The third kappa shape index (κ3) is 5.27. The summed E-state index contributed by atoms with van der Waals surface area (Å²) in [7, 11) is 0. The van der Waals surface area contributed by atoms with Gasteiger partial charge in [-0.05, 0) is 12.8 Å². The minimum atomic E-state index is 0.788. The van der Waals surface area contributed by atoms with Gasteiger partial charge in [-0.25, -0.2) is 0 Å². The molecule has 0 N–H and O–H groups in total. The third-order valence-corrected chi connectivity index (χ3v) is 2.52. The van der Waals surface area contributed by atoms with E-state index in [-0.39, 0.29) is 0 Å². The molecule has 0 saturated carbocycles. The number of unbranched alkanes of at least 4 members (excludes halogenated alkanes) is 3. The largest absolute Gasteiger partial charge is 0.381 e. The first-order chi connectivity index (χ1) is 6.43. The standard InChI is InChI=1S/C11H22O2/c1-2-3-4-5-7-12-8-6-11-9-13-10-11/h11H,2-10H2,1H3. The molecule has 0 bridgehead atoms. The van der Waals surface area contributed by atoms with Gasteiger partial charge in [-0.1, -0.05) is 26.2 Å². The second kappa shape index (κ2) is 7.34. The van der Waals surface area contributed by atoms with E-state index in [0.29, 0.717) is 0 Å². The van der Waals surface area contributed by atoms with Crippen molar-refractivity contribution in [2.24, 2.45) is 5.92 Å². The van der Waals surface area contributed by atoms with Crippen molar-refractivity contribution in [3.63, 3.8) is 0 Å². The van der Waals surface area contributed by atoms with Crippen LogP contribution in [0.1, 0.15) is 39.0 Å². The Morgan fingerprint density at radius 2 is 2.00 bits per heavy atom. The molecule has 1 heterocycles. The van der Waals surface area contributed by atoms with E-state index in [9.17, 15) is 0 Å². The summed E-state index contributed by atoms with van der Waals surface area (Å²) in [5, 5.41) is 0. The summed E-state index contributed by atoms with van der Waals surface area (Å²) in [6.45, 7) is 6.03. The van der Waals surface area contributed by atoms with Gasteiger partial charge in [0.05, 0.1) is 13.2 Å². The molecule has 0 aromatic heterocycles. The molecule has 0 aromatic rings. The van der Waals surface area contributed by atoms with E-state index in [1.807, 2.05) is 0 Å². The molecule has 1 saturated heterocycles. The minimum Gasteiger partial charge on any atom is -0.381 e. The Balaban J connectivity index is 1.68. The van der Waals surface area contributed by atoms with Gasteiger partial charge in [-0.2, -0.15) is 0 Å². The molecule has 0 aliphatic carbocycles. The van der Waals surface area contributed by atoms with Crippen LogP contribution < -0.4 is 0 Å². The van der Waals surface area contributed by atoms with E-state index in [2.05, 4.69) is 6.92 Å². The van der Waals surface area contributed by atoms with Crippen LogP contribution in [0.3, 0.4) is 0 Å². The van der Waals surface area contributed by atoms with Crippen LogP contribution in [-0.2, 0) is 9.47 Å². The van der Waals surface area contributed by atoms with E-state index in [1.54, 1.807) is 0 Å². The predicted octanol–water partition coefficient (Wildman–Crippen LogP) is 2.62. The molecule has 0 amide bonds. The van der Waals surface area contributed by atoms with Crippen molar-refractivity contribution in [2.45, 2.75) is 39.0 Å². The van der Waals surface area contributed by atoms with Crippen LogP contribution in [0.25, 0.3) is 0 Å². The monoisotopic (exact) mass is 186 g/mol. The molecular weight excluding hydrogens is 164 g/mol. The Hall–Kier alpha value is -0.0800. The quantitative estimate of drug-likeness (QED) is 0.542. The maximum Gasteiger partial charge on any atom is 0.0517 e. The van der Waals surface area contributed by atoms with Gasteiger partial charge < -0.3 is 9.47 Å². The summed E-state index contributed by atoms with van der Waals surface area (Å²) in [6.07, 6.45) is 6.39. The molecule has 0 spiro atoms. The van der Waals surface area contributed by atoms with Crippen molar-refractivity contribution >= 4 is 0 Å². The van der Waals surface area contributed by atoms with Gasteiger partial charge in [0, 0.05) is 19.1 Å². The molecule has 2 nitrogen and oxygen atoms in total. The third-order valence-electron chi connectivity index (χ3n) is 2.52. The predicted molar refractivity (Wildman–Crippen MR) is 53.9 cm³/mol. The van der Waals surface area contributed by atoms with Gasteiger partial charge in [-0.3, -0.25) is 0 Å². The first-order valence-corrected chi connectivity index (χ1v) is 5.59. The number of ether oxygens (including phenoxy) is 2. The molecular formula is C11H22O2. The highest BCUT2D eigenvalue weighted by Crippen LogP contribution is 2.13. The van der Waals surface area contributed by atoms with Crippen molar-refractivity contribution in [1.82, 2.24) is 0 Å². The summed E-state index contributed by atoms with van der Waals surface area (Å²) in [6, 6.07) is 0. The van der Waals surface area contributed by atoms with Crippen LogP contribution in [0.5, 0.6) is 0 Å². The normalized spacial score (nSPS) is 17.3. The zero-order valence-electron chi connectivity index (χ0n) is 8.76. The lowest BCUT2D eigenvalue weighted by atomic mass is 10.1. The highest BCUT2D eigenvalue weighted by molar-refractivity contribution is 4.64. The lowest BCUT2D eigenvalue weighted by Crippen LogP contribution is -2.28. The molecule has 13 heavy (non-hydrogen) atoms. The van der Waals surface area contributed by atoms with Gasteiger partial charge in [0.25, 0.3) is 0 Å². The lowest BCUT2D eigenvalue weighted by Gasteiger charge is -2.25. The molecule has 78 valence electrons. The first-order valence-electron chi connectivity index (χ1n) is 5.59. The van der Waals surface area contributed by atoms with Crippen molar-refractivity contribution < 1.29 is 9.47 Å². The van der Waals surface area contributed by atoms with Crippen LogP contribution in [0.15, 0.2) is 0 Å². The van der Waals surface area contributed by atoms with Crippen LogP contribution in [-0.4, -0.2) is 26.4 Å². The first kappa shape index (κ1) is 11.0. The van der Waals surface area contributed by atoms with Crippen LogP contribution in [0.2, 0.25) is 0 Å². The zero-order chi connectivity index (χ0) is 9.36. The number of hydrogen-bond acceptors (Lipinski definition) is 2. The van der Waals surface area contributed by atoms with Crippen molar-refractivity contribution in [2.75, 3.05) is 26.4 Å². The van der Waals surface area contributed by atoms with Gasteiger partial charge in [0.15, 0.2) is 0 Å². The lowest BCUT2D eigenvalue weighted by molar-refractivity contribution is -0.0468. The molecule has 0 atom stereocenters. The van der Waals surface area contributed by atoms with E-state index in [1.165, 1.54) is 32.1 Å². The van der Waals surface area contributed by atoms with E-state index >= 15 is 0 Å². The highest BCUT2D eigenvalue weighted by Gasteiger charge is 2.17. The average Bonchev–Trinajstić information content (AvgIpc) is 2.07. The Kier molecular flexibility index (Phi) is 6.21. The summed E-state index contributed by atoms with van der Waals surface area (Å²) in [5.74, 6) is 0.788. The van der Waals surface area contributed by atoms with Gasteiger partial charge in [-0.15, -0.1) is 0 Å². The average molecular weight is 186 g/mol. The fourth-order valence-electron chi connectivity index (χ4n) is 1.43. The van der Waals surface area contributed by atoms with Crippen molar-refractivity contribution in [3.8, 4) is 0 Å². The summed E-state index contributed by atoms with van der Waals surface area (Å²) in [5.41, 5.74) is 0. The smallest absolute Gasteiger partial charge is 0.0517 e. The highest BCUT2D eigenvalue weighted by atomic mass is 16.5. The van der Waals surface area contributed by atoms with Crippen LogP contribution in [0, 0.1) is 5.92 Å². The SMILES string of the molecule is CCCCCCOCCC1COC1. The summed E-state index contributed by atoms with van der Waals surface area (Å²) < 4.78 is 10.6. The fourth-order valence-corrected chi connectivity index (χ4v) is 1.43. The van der Waals surface area contributed by atoms with Crippen LogP contribution >= 0.6 is 0 Å². The maximum absolute atomic E-state index is 5.53. The van der Waals surface area contributed by atoms with Gasteiger partial charge in [0.2, 0.25) is 0 Å². The fraction of sp³-hybridized carbons (Fsp3) is 1.00. The van der Waals surface area contributed by atoms with Gasteiger partial charge >= 0.3 is 0 Å². The van der Waals surface area contributed by atoms with E-state index < -0.39 is 0 Å². The molecule has 1 fully saturated rings. The molecule has 0 radical (unpaired) electrons. The summed E-state index contributed by atoms with van der Waals surface area (Å²) in [4.78, 5) is 0. The van der Waals surface area contributed by atoms with Gasteiger partial charge in [0.1, 0.15) is 0 Å². The molecule has 0 aromatic carbocycles. The minimum absolute atomic E-state index is 0.788. The number of rotatable bonds is 8. The Bertz CT molecular complexity index is 111. The van der Waals surface area contributed by atoms with E-state index in [0.717, 1.165) is 32.3 Å². The van der Waals surface area contributed by atoms with Crippen molar-refractivity contribution in [1.29, 1.82) is 0 Å². The Morgan fingerprint density at radius 1 is 1.15 bits per heavy atom. The van der Waals surface area contributed by atoms with Crippen LogP contribution in [0.4, 0.5) is 0 Å². The molecule has 0 unspecified atom stereocenters. The molecule has 2 heteroatoms. The Labute approximate surface area is 81.6 Å². The van der Waals surface area contributed by atoms with Crippen molar-refractivity contribution in [3.05, 3.63) is 0 Å². The summed E-state index contributed by atoms with van der Waals surface area (Å²) >= 11 is 0. The second-order valence-corrected chi connectivity index (χ2v) is 3.87. The molecule has 1 aliphatic rings. The van der Waals surface area contributed by atoms with E-state index in [4.69, 9.17) is 9.47 Å². The second-order valence-electron chi connectivity index (χ2n) is 3.87. The maximum atomic E-state index is 5.53.